The van der Waals surface area contributed by atoms with Crippen LogP contribution >= 0.6 is 24.0 Å². The van der Waals surface area contributed by atoms with Gasteiger partial charge in [0.1, 0.15) is 5.76 Å². The summed E-state index contributed by atoms with van der Waals surface area (Å²) in [6, 6.07) is 0. The van der Waals surface area contributed by atoms with Crippen molar-refractivity contribution < 1.29 is 9.15 Å². The van der Waals surface area contributed by atoms with Gasteiger partial charge in [-0.05, 0) is 19.8 Å². The maximum atomic E-state index is 5.85. The molecule has 0 radical (unpaired) electrons. The van der Waals surface area contributed by atoms with Gasteiger partial charge in [0.25, 0.3) is 0 Å². The second-order valence-electron chi connectivity index (χ2n) is 6.70. The molecule has 0 aromatic carbocycles. The Bertz CT molecular complexity index is 528. The number of morpholine rings is 1. The van der Waals surface area contributed by atoms with Crippen molar-refractivity contribution in [1.82, 2.24) is 20.5 Å². The number of halogens is 1. The van der Waals surface area contributed by atoms with Crippen LogP contribution in [-0.4, -0.2) is 61.8 Å². The van der Waals surface area contributed by atoms with Gasteiger partial charge < -0.3 is 19.8 Å². The quantitative estimate of drug-likeness (QED) is 0.380. The summed E-state index contributed by atoms with van der Waals surface area (Å²) in [4.78, 5) is 11.1. The summed E-state index contributed by atoms with van der Waals surface area (Å²) in [6.07, 6.45) is 0.183. The summed E-state index contributed by atoms with van der Waals surface area (Å²) >= 11 is 0. The van der Waals surface area contributed by atoms with Crippen LogP contribution in [0.4, 0.5) is 0 Å². The fraction of sp³-hybridized carbons (Fsp3) is 0.765. The average molecular weight is 465 g/mol. The highest BCUT2D eigenvalue weighted by Gasteiger charge is 2.21. The van der Waals surface area contributed by atoms with E-state index in [4.69, 9.17) is 9.15 Å². The predicted octanol–water partition coefficient (Wildman–Crippen LogP) is 1.93. The number of guanidine groups is 1. The molecule has 0 spiro atoms. The Labute approximate surface area is 168 Å². The number of hydrogen-bond donors (Lipinski definition) is 2. The molecule has 1 aromatic heterocycles. The first kappa shape index (κ1) is 22.2. The Balaban J connectivity index is 0.00000312. The maximum Gasteiger partial charge on any atom is 0.214 e. The lowest BCUT2D eigenvalue weighted by Crippen LogP contribution is -2.50. The molecule has 2 rings (SSSR count). The lowest BCUT2D eigenvalue weighted by molar-refractivity contribution is -0.0284. The minimum atomic E-state index is 0. The van der Waals surface area contributed by atoms with E-state index in [1.807, 2.05) is 13.8 Å². The standard InChI is InChI=1S/C17H31N5O2.HI/c1-12(2)10-22-6-7-23-15(11-22)8-19-17(18-5)20-9-16-21-13(3)14(4)24-16;/h12,15H,6-11H2,1-5H3,(H2,18,19,20);1H. The zero-order valence-electron chi connectivity index (χ0n) is 16.0. The monoisotopic (exact) mass is 465 g/mol. The third kappa shape index (κ3) is 7.49. The molecule has 1 saturated heterocycles. The van der Waals surface area contributed by atoms with Crippen LogP contribution in [0, 0.1) is 19.8 Å². The van der Waals surface area contributed by atoms with E-state index in [1.54, 1.807) is 7.05 Å². The number of aryl methyl sites for hydroxylation is 2. The lowest BCUT2D eigenvalue weighted by Gasteiger charge is -2.34. The van der Waals surface area contributed by atoms with E-state index in [-0.39, 0.29) is 30.1 Å². The van der Waals surface area contributed by atoms with Crippen LogP contribution in [0.2, 0.25) is 0 Å². The van der Waals surface area contributed by atoms with Crippen molar-refractivity contribution in [2.45, 2.75) is 40.3 Å². The summed E-state index contributed by atoms with van der Waals surface area (Å²) in [5, 5.41) is 6.55. The van der Waals surface area contributed by atoms with E-state index in [1.165, 1.54) is 0 Å². The molecule has 1 atom stereocenters. The number of hydrogen-bond acceptors (Lipinski definition) is 5. The molecule has 1 unspecified atom stereocenters. The number of aromatic nitrogens is 1. The van der Waals surface area contributed by atoms with Gasteiger partial charge in [-0.25, -0.2) is 4.98 Å². The molecule has 0 aliphatic carbocycles. The fourth-order valence-electron chi connectivity index (χ4n) is 2.79. The zero-order chi connectivity index (χ0) is 17.5. The summed E-state index contributed by atoms with van der Waals surface area (Å²) < 4.78 is 11.4. The molecule has 1 aliphatic heterocycles. The van der Waals surface area contributed by atoms with Crippen LogP contribution in [0.15, 0.2) is 9.41 Å². The first-order valence-corrected chi connectivity index (χ1v) is 8.69. The van der Waals surface area contributed by atoms with Gasteiger partial charge in [-0.15, -0.1) is 24.0 Å². The highest BCUT2D eigenvalue weighted by Crippen LogP contribution is 2.08. The molecule has 0 bridgehead atoms. The Hall–Kier alpha value is -0.870. The van der Waals surface area contributed by atoms with E-state index >= 15 is 0 Å². The Kier molecular flexibility index (Phi) is 9.73. The van der Waals surface area contributed by atoms with Gasteiger partial charge in [-0.3, -0.25) is 9.89 Å². The van der Waals surface area contributed by atoms with Gasteiger partial charge in [-0.2, -0.15) is 0 Å². The zero-order valence-corrected chi connectivity index (χ0v) is 18.3. The topological polar surface area (TPSA) is 74.9 Å². The normalized spacial score (nSPS) is 19.0. The van der Waals surface area contributed by atoms with Crippen molar-refractivity contribution in [1.29, 1.82) is 0 Å². The Morgan fingerprint density at radius 1 is 1.36 bits per heavy atom. The second-order valence-corrected chi connectivity index (χ2v) is 6.70. The van der Waals surface area contributed by atoms with Crippen LogP contribution in [0.5, 0.6) is 0 Å². The molecule has 1 aliphatic rings. The highest BCUT2D eigenvalue weighted by atomic mass is 127. The van der Waals surface area contributed by atoms with Gasteiger partial charge in [0.05, 0.1) is 24.9 Å². The molecule has 8 heteroatoms. The molecule has 1 aromatic rings. The fourth-order valence-corrected chi connectivity index (χ4v) is 2.79. The van der Waals surface area contributed by atoms with Crippen molar-refractivity contribution in [3.8, 4) is 0 Å². The molecule has 7 nitrogen and oxygen atoms in total. The van der Waals surface area contributed by atoms with E-state index in [0.29, 0.717) is 18.4 Å². The molecular formula is C17H32IN5O2. The Morgan fingerprint density at radius 2 is 2.12 bits per heavy atom. The van der Waals surface area contributed by atoms with Crippen molar-refractivity contribution in [2.24, 2.45) is 10.9 Å². The SMILES string of the molecule is CN=C(NCc1nc(C)c(C)o1)NCC1CN(CC(C)C)CCO1.I. The first-order chi connectivity index (χ1) is 11.5. The summed E-state index contributed by atoms with van der Waals surface area (Å²) in [5.41, 5.74) is 0.926. The third-order valence-corrected chi connectivity index (χ3v) is 4.05. The van der Waals surface area contributed by atoms with E-state index in [9.17, 15) is 0 Å². The smallest absolute Gasteiger partial charge is 0.214 e. The minimum Gasteiger partial charge on any atom is -0.444 e. The molecule has 2 N–H and O–H groups in total. The van der Waals surface area contributed by atoms with Crippen molar-refractivity contribution in [3.63, 3.8) is 0 Å². The highest BCUT2D eigenvalue weighted by molar-refractivity contribution is 14.0. The van der Waals surface area contributed by atoms with Gasteiger partial charge in [0.15, 0.2) is 5.96 Å². The van der Waals surface area contributed by atoms with Crippen LogP contribution in [-0.2, 0) is 11.3 Å². The van der Waals surface area contributed by atoms with E-state index in [0.717, 1.165) is 50.2 Å². The number of rotatable bonds is 6. The minimum absolute atomic E-state index is 0. The second kappa shape index (κ2) is 11.0. The van der Waals surface area contributed by atoms with Crippen molar-refractivity contribution in [2.75, 3.05) is 39.8 Å². The third-order valence-electron chi connectivity index (χ3n) is 4.05. The lowest BCUT2D eigenvalue weighted by atomic mass is 10.2. The number of oxazole rings is 1. The molecule has 1 fully saturated rings. The number of nitrogens with zero attached hydrogens (tertiary/aromatic N) is 3. The Morgan fingerprint density at radius 3 is 2.72 bits per heavy atom. The number of nitrogens with one attached hydrogen (secondary N) is 2. The maximum absolute atomic E-state index is 5.85. The molecule has 144 valence electrons. The van der Waals surface area contributed by atoms with Crippen LogP contribution in [0.1, 0.15) is 31.2 Å². The number of ether oxygens (including phenoxy) is 1. The van der Waals surface area contributed by atoms with Gasteiger partial charge in [0.2, 0.25) is 5.89 Å². The largest absolute Gasteiger partial charge is 0.444 e. The molecular weight excluding hydrogens is 433 g/mol. The van der Waals surface area contributed by atoms with E-state index < -0.39 is 0 Å². The van der Waals surface area contributed by atoms with Gasteiger partial charge in [0, 0.05) is 33.2 Å². The van der Waals surface area contributed by atoms with Gasteiger partial charge >= 0.3 is 0 Å². The molecule has 25 heavy (non-hydrogen) atoms. The van der Waals surface area contributed by atoms with Crippen molar-refractivity contribution in [3.05, 3.63) is 17.3 Å². The summed E-state index contributed by atoms with van der Waals surface area (Å²) in [5.74, 6) is 2.94. The molecule has 0 amide bonds. The van der Waals surface area contributed by atoms with Crippen molar-refractivity contribution >= 4 is 29.9 Å². The van der Waals surface area contributed by atoms with E-state index in [2.05, 4.69) is 39.4 Å². The van der Waals surface area contributed by atoms with Crippen LogP contribution in [0.3, 0.4) is 0 Å². The first-order valence-electron chi connectivity index (χ1n) is 8.69. The average Bonchev–Trinajstić information content (AvgIpc) is 2.85. The summed E-state index contributed by atoms with van der Waals surface area (Å²) in [6.45, 7) is 13.5. The van der Waals surface area contributed by atoms with Gasteiger partial charge in [-0.1, -0.05) is 13.8 Å². The predicted molar refractivity (Wildman–Crippen MR) is 111 cm³/mol. The van der Waals surface area contributed by atoms with Crippen LogP contribution in [0.25, 0.3) is 0 Å². The number of aliphatic imine (C=N–C) groups is 1. The molecule has 2 heterocycles. The molecule has 0 saturated carbocycles. The van der Waals surface area contributed by atoms with Crippen LogP contribution < -0.4 is 10.6 Å². The summed E-state index contributed by atoms with van der Waals surface area (Å²) in [7, 11) is 1.76.